The molecule has 1 aromatic rings. The van der Waals surface area contributed by atoms with E-state index in [1.165, 1.54) is 9.75 Å². The average molecular weight is 254 g/mol. The van der Waals surface area contributed by atoms with Gasteiger partial charge in [0, 0.05) is 22.3 Å². The van der Waals surface area contributed by atoms with Crippen molar-refractivity contribution in [3.63, 3.8) is 0 Å². The number of hydrogen-bond acceptors (Lipinski definition) is 3. The predicted octanol–water partition coefficient (Wildman–Crippen LogP) is 3.29. The van der Waals surface area contributed by atoms with Crippen molar-refractivity contribution in [3.05, 3.63) is 21.9 Å². The van der Waals surface area contributed by atoms with Gasteiger partial charge in [0.1, 0.15) is 0 Å². The van der Waals surface area contributed by atoms with Crippen molar-refractivity contribution in [1.82, 2.24) is 4.90 Å². The first kappa shape index (κ1) is 14.7. The molecule has 1 unspecified atom stereocenters. The van der Waals surface area contributed by atoms with E-state index >= 15 is 0 Å². The maximum absolute atomic E-state index is 5.80. The van der Waals surface area contributed by atoms with Gasteiger partial charge < -0.3 is 5.73 Å². The SMILES string of the molecule is CCc1ccc(C(C)N(C)CC(C)(C)CN)s1. The molecule has 0 bridgehead atoms. The van der Waals surface area contributed by atoms with Gasteiger partial charge in [0.2, 0.25) is 0 Å². The standard InChI is InChI=1S/C14H26N2S/c1-6-12-7-8-13(17-12)11(2)16(5)10-14(3,4)9-15/h7-8,11H,6,9-10,15H2,1-5H3. The van der Waals surface area contributed by atoms with E-state index in [1.807, 2.05) is 11.3 Å². The number of thiophene rings is 1. The Morgan fingerprint density at radius 1 is 1.41 bits per heavy atom. The molecule has 1 rings (SSSR count). The first-order chi connectivity index (χ1) is 7.89. The molecule has 0 saturated carbocycles. The molecule has 0 aromatic carbocycles. The van der Waals surface area contributed by atoms with Crippen LogP contribution in [-0.4, -0.2) is 25.0 Å². The van der Waals surface area contributed by atoms with Crippen LogP contribution in [-0.2, 0) is 6.42 Å². The molecule has 0 spiro atoms. The van der Waals surface area contributed by atoms with Crippen LogP contribution >= 0.6 is 11.3 Å². The molecule has 2 N–H and O–H groups in total. The van der Waals surface area contributed by atoms with Gasteiger partial charge in [-0.1, -0.05) is 20.8 Å². The second kappa shape index (κ2) is 5.98. The number of nitrogens with zero attached hydrogens (tertiary/aromatic N) is 1. The lowest BCUT2D eigenvalue weighted by Gasteiger charge is -2.32. The Kier molecular flexibility index (Phi) is 5.17. The van der Waals surface area contributed by atoms with Crippen LogP contribution < -0.4 is 5.73 Å². The number of nitrogens with two attached hydrogens (primary N) is 1. The fourth-order valence-electron chi connectivity index (χ4n) is 1.90. The highest BCUT2D eigenvalue weighted by molar-refractivity contribution is 7.12. The van der Waals surface area contributed by atoms with Crippen LogP contribution in [0.5, 0.6) is 0 Å². The molecule has 0 fully saturated rings. The van der Waals surface area contributed by atoms with E-state index in [9.17, 15) is 0 Å². The lowest BCUT2D eigenvalue weighted by atomic mass is 9.93. The minimum atomic E-state index is 0.188. The Morgan fingerprint density at radius 3 is 2.53 bits per heavy atom. The van der Waals surface area contributed by atoms with Crippen LogP contribution in [0, 0.1) is 5.41 Å². The fraction of sp³-hybridized carbons (Fsp3) is 0.714. The van der Waals surface area contributed by atoms with Gasteiger partial charge in [-0.2, -0.15) is 0 Å². The summed E-state index contributed by atoms with van der Waals surface area (Å²) >= 11 is 1.93. The molecular formula is C14H26N2S. The molecule has 0 aliphatic carbocycles. The van der Waals surface area contributed by atoms with Crippen LogP contribution in [0.25, 0.3) is 0 Å². The molecule has 3 heteroatoms. The van der Waals surface area contributed by atoms with Crippen molar-refractivity contribution in [2.45, 2.75) is 40.2 Å². The summed E-state index contributed by atoms with van der Waals surface area (Å²) in [6, 6.07) is 4.99. The molecule has 2 nitrogen and oxygen atoms in total. The van der Waals surface area contributed by atoms with Gasteiger partial charge in [-0.05, 0) is 44.5 Å². The number of aryl methyl sites for hydroxylation is 1. The van der Waals surface area contributed by atoms with Crippen molar-refractivity contribution in [3.8, 4) is 0 Å². The summed E-state index contributed by atoms with van der Waals surface area (Å²) in [5.41, 5.74) is 5.98. The molecule has 0 saturated heterocycles. The van der Waals surface area contributed by atoms with E-state index < -0.39 is 0 Å². The predicted molar refractivity (Wildman–Crippen MR) is 77.6 cm³/mol. The zero-order valence-corrected chi connectivity index (χ0v) is 12.6. The van der Waals surface area contributed by atoms with Crippen molar-refractivity contribution < 1.29 is 0 Å². The number of rotatable bonds is 6. The Morgan fingerprint density at radius 2 is 2.06 bits per heavy atom. The second-order valence-electron chi connectivity index (χ2n) is 5.62. The normalized spacial score (nSPS) is 14.3. The van der Waals surface area contributed by atoms with Gasteiger partial charge in [-0.15, -0.1) is 11.3 Å². The Hall–Kier alpha value is -0.380. The maximum Gasteiger partial charge on any atom is 0.0410 e. The first-order valence-corrected chi connectivity index (χ1v) is 7.20. The van der Waals surface area contributed by atoms with Crippen LogP contribution in [0.4, 0.5) is 0 Å². The Labute approximate surface area is 110 Å². The van der Waals surface area contributed by atoms with E-state index in [2.05, 4.69) is 51.8 Å². The summed E-state index contributed by atoms with van der Waals surface area (Å²) < 4.78 is 0. The van der Waals surface area contributed by atoms with Crippen molar-refractivity contribution in [1.29, 1.82) is 0 Å². The van der Waals surface area contributed by atoms with Gasteiger partial charge >= 0.3 is 0 Å². The molecule has 98 valence electrons. The lowest BCUT2D eigenvalue weighted by Crippen LogP contribution is -2.37. The van der Waals surface area contributed by atoms with Crippen molar-refractivity contribution in [2.24, 2.45) is 11.1 Å². The molecule has 0 amide bonds. The van der Waals surface area contributed by atoms with Crippen LogP contribution in [0.3, 0.4) is 0 Å². The molecule has 1 heterocycles. The van der Waals surface area contributed by atoms with E-state index in [4.69, 9.17) is 5.73 Å². The smallest absolute Gasteiger partial charge is 0.0410 e. The minimum Gasteiger partial charge on any atom is -0.330 e. The highest BCUT2D eigenvalue weighted by Gasteiger charge is 2.22. The van der Waals surface area contributed by atoms with E-state index in [0.29, 0.717) is 6.04 Å². The molecule has 1 aromatic heterocycles. The summed E-state index contributed by atoms with van der Waals surface area (Å²) in [5, 5.41) is 0. The van der Waals surface area contributed by atoms with Gasteiger partial charge in [0.15, 0.2) is 0 Å². The summed E-state index contributed by atoms with van der Waals surface area (Å²) in [6.45, 7) is 10.7. The molecule has 1 atom stereocenters. The Bertz CT molecular complexity index is 344. The maximum atomic E-state index is 5.80. The number of hydrogen-bond donors (Lipinski definition) is 1. The van der Waals surface area contributed by atoms with Crippen molar-refractivity contribution in [2.75, 3.05) is 20.1 Å². The monoisotopic (exact) mass is 254 g/mol. The van der Waals surface area contributed by atoms with Crippen molar-refractivity contribution >= 4 is 11.3 Å². The van der Waals surface area contributed by atoms with Crippen LogP contribution in [0.1, 0.15) is 43.5 Å². The van der Waals surface area contributed by atoms with E-state index in [0.717, 1.165) is 19.5 Å². The first-order valence-electron chi connectivity index (χ1n) is 6.38. The lowest BCUT2D eigenvalue weighted by molar-refractivity contribution is 0.176. The highest BCUT2D eigenvalue weighted by Crippen LogP contribution is 2.29. The molecule has 0 aliphatic heterocycles. The fourth-order valence-corrected chi connectivity index (χ4v) is 2.97. The molecule has 0 radical (unpaired) electrons. The molecule has 17 heavy (non-hydrogen) atoms. The van der Waals surface area contributed by atoms with Gasteiger partial charge in [0.05, 0.1) is 0 Å². The van der Waals surface area contributed by atoms with Gasteiger partial charge in [-0.3, -0.25) is 4.90 Å². The highest BCUT2D eigenvalue weighted by atomic mass is 32.1. The van der Waals surface area contributed by atoms with Crippen LogP contribution in [0.2, 0.25) is 0 Å². The third kappa shape index (κ3) is 4.09. The minimum absolute atomic E-state index is 0.188. The topological polar surface area (TPSA) is 29.3 Å². The largest absolute Gasteiger partial charge is 0.330 e. The molecule has 0 aliphatic rings. The van der Waals surface area contributed by atoms with Gasteiger partial charge in [-0.25, -0.2) is 0 Å². The zero-order chi connectivity index (χ0) is 13.1. The Balaban J connectivity index is 2.66. The summed E-state index contributed by atoms with van der Waals surface area (Å²) in [5.74, 6) is 0. The summed E-state index contributed by atoms with van der Waals surface area (Å²) in [6.07, 6.45) is 1.13. The van der Waals surface area contributed by atoms with E-state index in [-0.39, 0.29) is 5.41 Å². The zero-order valence-electron chi connectivity index (χ0n) is 11.8. The third-order valence-corrected chi connectivity index (χ3v) is 4.73. The summed E-state index contributed by atoms with van der Waals surface area (Å²) in [4.78, 5) is 5.33. The quantitative estimate of drug-likeness (QED) is 0.844. The molecular weight excluding hydrogens is 228 g/mol. The van der Waals surface area contributed by atoms with E-state index in [1.54, 1.807) is 0 Å². The second-order valence-corrected chi connectivity index (χ2v) is 6.82. The van der Waals surface area contributed by atoms with Crippen LogP contribution in [0.15, 0.2) is 12.1 Å². The summed E-state index contributed by atoms with van der Waals surface area (Å²) in [7, 11) is 2.19. The average Bonchev–Trinajstić information content (AvgIpc) is 2.76. The van der Waals surface area contributed by atoms with Gasteiger partial charge in [0.25, 0.3) is 0 Å². The third-order valence-electron chi connectivity index (χ3n) is 3.33.